The molecule has 3 rings (SSSR count). The van der Waals surface area contributed by atoms with Gasteiger partial charge in [0.05, 0.1) is 12.5 Å². The van der Waals surface area contributed by atoms with Gasteiger partial charge in [0.1, 0.15) is 6.10 Å². The molecule has 8 heteroatoms. The first-order valence-electron chi connectivity index (χ1n) is 8.64. The van der Waals surface area contributed by atoms with Crippen molar-refractivity contribution in [1.82, 2.24) is 20.0 Å². The third-order valence-electron chi connectivity index (χ3n) is 4.75. The first-order chi connectivity index (χ1) is 11.9. The Balaban J connectivity index is 1.57. The summed E-state index contributed by atoms with van der Waals surface area (Å²) in [6.07, 6.45) is 1.99. The van der Waals surface area contributed by atoms with Crippen LogP contribution in [0.4, 0.5) is 5.82 Å². The summed E-state index contributed by atoms with van der Waals surface area (Å²) in [7, 11) is 5.55. The molecule has 0 aliphatic carbocycles. The van der Waals surface area contributed by atoms with Crippen molar-refractivity contribution < 1.29 is 14.3 Å². The Morgan fingerprint density at radius 3 is 2.68 bits per heavy atom. The summed E-state index contributed by atoms with van der Waals surface area (Å²) in [5.74, 6) is 1.11. The quantitative estimate of drug-likeness (QED) is 0.784. The highest BCUT2D eigenvalue weighted by Crippen LogP contribution is 2.23. The fraction of sp³-hybridized carbons (Fsp3) is 0.647. The first kappa shape index (κ1) is 17.4. The molecule has 2 atom stereocenters. The number of likely N-dealkylation sites (tertiary alicyclic amines) is 2. The van der Waals surface area contributed by atoms with E-state index in [0.717, 1.165) is 25.2 Å². The van der Waals surface area contributed by atoms with Crippen LogP contribution in [0.3, 0.4) is 0 Å². The maximum absolute atomic E-state index is 12.7. The lowest BCUT2D eigenvalue weighted by molar-refractivity contribution is -0.138. The number of carbonyl (C=O) groups excluding carboxylic acids is 2. The average molecular weight is 347 g/mol. The van der Waals surface area contributed by atoms with Gasteiger partial charge in [-0.05, 0) is 18.9 Å². The number of nitrogens with zero attached hydrogens (tertiary/aromatic N) is 5. The Bertz CT molecular complexity index is 634. The van der Waals surface area contributed by atoms with Gasteiger partial charge >= 0.3 is 0 Å². The van der Waals surface area contributed by atoms with Crippen LogP contribution in [0, 0.1) is 5.92 Å². The topological polar surface area (TPSA) is 78.9 Å². The molecule has 2 fully saturated rings. The zero-order chi connectivity index (χ0) is 18.0. The van der Waals surface area contributed by atoms with Gasteiger partial charge in [-0.3, -0.25) is 9.59 Å². The van der Waals surface area contributed by atoms with Gasteiger partial charge < -0.3 is 19.4 Å². The minimum Gasteiger partial charge on any atom is -0.471 e. The summed E-state index contributed by atoms with van der Waals surface area (Å²) in [5, 5.41) is 8.20. The fourth-order valence-corrected chi connectivity index (χ4v) is 3.31. The number of carbonyl (C=O) groups is 2. The van der Waals surface area contributed by atoms with Gasteiger partial charge in [-0.25, -0.2) is 0 Å². The van der Waals surface area contributed by atoms with E-state index in [0.29, 0.717) is 25.4 Å². The van der Waals surface area contributed by atoms with Gasteiger partial charge in [-0.1, -0.05) is 0 Å². The van der Waals surface area contributed by atoms with E-state index in [1.165, 1.54) is 0 Å². The summed E-state index contributed by atoms with van der Waals surface area (Å²) in [5.41, 5.74) is 0. The van der Waals surface area contributed by atoms with Crippen molar-refractivity contribution >= 4 is 17.6 Å². The number of hydrogen-bond donors (Lipinski definition) is 0. The van der Waals surface area contributed by atoms with E-state index in [1.807, 2.05) is 30.0 Å². The third kappa shape index (κ3) is 4.00. The van der Waals surface area contributed by atoms with E-state index in [2.05, 4.69) is 10.2 Å². The van der Waals surface area contributed by atoms with Crippen molar-refractivity contribution in [2.24, 2.45) is 5.92 Å². The van der Waals surface area contributed by atoms with Crippen LogP contribution < -0.4 is 9.64 Å². The molecule has 2 aliphatic heterocycles. The lowest BCUT2D eigenvalue weighted by Gasteiger charge is -2.34. The van der Waals surface area contributed by atoms with E-state index in [1.54, 1.807) is 18.0 Å². The predicted molar refractivity (Wildman–Crippen MR) is 92.3 cm³/mol. The van der Waals surface area contributed by atoms with E-state index < -0.39 is 0 Å². The Kier molecular flexibility index (Phi) is 5.06. The second-order valence-corrected chi connectivity index (χ2v) is 6.97. The zero-order valence-corrected chi connectivity index (χ0v) is 15.0. The highest BCUT2D eigenvalue weighted by Gasteiger charge is 2.36. The second-order valence-electron chi connectivity index (χ2n) is 6.97. The lowest BCUT2D eigenvalue weighted by Crippen LogP contribution is -2.47. The molecule has 136 valence electrons. The van der Waals surface area contributed by atoms with Crippen molar-refractivity contribution in [2.75, 3.05) is 45.7 Å². The Hall–Kier alpha value is -2.38. The molecule has 1 aromatic heterocycles. The zero-order valence-electron chi connectivity index (χ0n) is 15.0. The third-order valence-corrected chi connectivity index (χ3v) is 4.75. The smallest absolute Gasteiger partial charge is 0.233 e. The first-order valence-corrected chi connectivity index (χ1v) is 8.64. The van der Waals surface area contributed by atoms with Gasteiger partial charge in [0.2, 0.25) is 17.7 Å². The maximum Gasteiger partial charge on any atom is 0.233 e. The second kappa shape index (κ2) is 7.25. The van der Waals surface area contributed by atoms with Crippen LogP contribution in [0.25, 0.3) is 0 Å². The van der Waals surface area contributed by atoms with Crippen molar-refractivity contribution in [3.8, 4) is 5.88 Å². The Morgan fingerprint density at radius 1 is 1.28 bits per heavy atom. The van der Waals surface area contributed by atoms with Crippen LogP contribution in [0.2, 0.25) is 0 Å². The summed E-state index contributed by atoms with van der Waals surface area (Å²) in [6, 6.07) is 3.65. The van der Waals surface area contributed by atoms with Crippen LogP contribution >= 0.6 is 0 Å². The Labute approximate surface area is 147 Å². The molecule has 0 N–H and O–H groups in total. The molecule has 2 unspecified atom stereocenters. The molecule has 3 heterocycles. The number of aromatic nitrogens is 2. The van der Waals surface area contributed by atoms with Crippen LogP contribution in [0.5, 0.6) is 5.88 Å². The van der Waals surface area contributed by atoms with E-state index >= 15 is 0 Å². The summed E-state index contributed by atoms with van der Waals surface area (Å²) >= 11 is 0. The van der Waals surface area contributed by atoms with E-state index in [9.17, 15) is 9.59 Å². The van der Waals surface area contributed by atoms with Crippen molar-refractivity contribution in [3.05, 3.63) is 12.1 Å². The van der Waals surface area contributed by atoms with Gasteiger partial charge in [-0.15, -0.1) is 10.2 Å². The van der Waals surface area contributed by atoms with Crippen LogP contribution in [-0.2, 0) is 9.59 Å². The number of piperidine rings is 1. The molecule has 1 aromatic rings. The minimum absolute atomic E-state index is 0.0411. The molecule has 2 aliphatic rings. The summed E-state index contributed by atoms with van der Waals surface area (Å²) in [6.45, 7) is 1.76. The van der Waals surface area contributed by atoms with Crippen molar-refractivity contribution in [1.29, 1.82) is 0 Å². The molecule has 0 aromatic carbocycles. The van der Waals surface area contributed by atoms with Crippen LogP contribution in [-0.4, -0.2) is 78.7 Å². The molecule has 0 radical (unpaired) electrons. The molecule has 0 bridgehead atoms. The molecule has 2 saturated heterocycles. The van der Waals surface area contributed by atoms with Crippen LogP contribution in [0.15, 0.2) is 12.1 Å². The van der Waals surface area contributed by atoms with Gasteiger partial charge in [-0.2, -0.15) is 0 Å². The minimum atomic E-state index is -0.226. The number of amides is 2. The molecule has 0 saturated carbocycles. The SMILES string of the molecule is CN1CC(C(=O)N2CCCC(Oc3ccc(N(C)C)nn3)C2)CC1=O. The molecule has 2 amide bonds. The van der Waals surface area contributed by atoms with Gasteiger partial charge in [0.25, 0.3) is 0 Å². The fourth-order valence-electron chi connectivity index (χ4n) is 3.31. The van der Waals surface area contributed by atoms with Crippen LogP contribution in [0.1, 0.15) is 19.3 Å². The standard InChI is InChI=1S/C17H25N5O3/c1-20(2)14-6-7-15(19-18-14)25-13-5-4-8-22(11-13)17(24)12-9-16(23)21(3)10-12/h6-7,12-13H,4-5,8-11H2,1-3H3. The molecule has 0 spiro atoms. The Morgan fingerprint density at radius 2 is 2.08 bits per heavy atom. The molecular weight excluding hydrogens is 322 g/mol. The van der Waals surface area contributed by atoms with Crippen molar-refractivity contribution in [3.63, 3.8) is 0 Å². The normalized spacial score (nSPS) is 23.7. The van der Waals surface area contributed by atoms with Crippen molar-refractivity contribution in [2.45, 2.75) is 25.4 Å². The molecule has 25 heavy (non-hydrogen) atoms. The number of ether oxygens (including phenoxy) is 1. The van der Waals surface area contributed by atoms with Gasteiger partial charge in [0.15, 0.2) is 5.82 Å². The number of anilines is 1. The number of hydrogen-bond acceptors (Lipinski definition) is 6. The molecule has 8 nitrogen and oxygen atoms in total. The van der Waals surface area contributed by atoms with E-state index in [4.69, 9.17) is 4.74 Å². The number of rotatable bonds is 4. The average Bonchev–Trinajstić information content (AvgIpc) is 2.94. The maximum atomic E-state index is 12.7. The predicted octanol–water partition coefficient (Wildman–Crippen LogP) is 0.391. The monoisotopic (exact) mass is 347 g/mol. The highest BCUT2D eigenvalue weighted by atomic mass is 16.5. The van der Waals surface area contributed by atoms with E-state index in [-0.39, 0.29) is 23.8 Å². The summed E-state index contributed by atoms with van der Waals surface area (Å²) in [4.78, 5) is 29.7. The largest absolute Gasteiger partial charge is 0.471 e. The molecular formula is C17H25N5O3. The van der Waals surface area contributed by atoms with Gasteiger partial charge in [0, 0.05) is 46.7 Å². The highest BCUT2D eigenvalue weighted by molar-refractivity contribution is 5.89. The summed E-state index contributed by atoms with van der Waals surface area (Å²) < 4.78 is 5.91. The lowest BCUT2D eigenvalue weighted by atomic mass is 10.0.